The van der Waals surface area contributed by atoms with Crippen LogP contribution in [-0.4, -0.2) is 31.6 Å². The number of hydrogen-bond donors (Lipinski definition) is 2. The van der Waals surface area contributed by atoms with Crippen LogP contribution in [0.2, 0.25) is 0 Å². The van der Waals surface area contributed by atoms with E-state index >= 15 is 0 Å². The summed E-state index contributed by atoms with van der Waals surface area (Å²) in [6, 6.07) is 1.56. The Labute approximate surface area is 129 Å². The van der Waals surface area contributed by atoms with Crippen LogP contribution in [0, 0.1) is 0 Å². The van der Waals surface area contributed by atoms with Gasteiger partial charge in [-0.05, 0) is 42.9 Å². The van der Waals surface area contributed by atoms with Crippen molar-refractivity contribution in [2.45, 2.75) is 37.1 Å². The zero-order valence-electron chi connectivity index (χ0n) is 11.8. The largest absolute Gasteiger partial charge is 0.506 e. The van der Waals surface area contributed by atoms with Crippen LogP contribution >= 0.6 is 11.6 Å². The molecule has 1 aliphatic carbocycles. The summed E-state index contributed by atoms with van der Waals surface area (Å²) in [6.45, 7) is 0.0864. The molecule has 0 radical (unpaired) electrons. The first-order valence-electron chi connectivity index (χ1n) is 6.74. The van der Waals surface area contributed by atoms with E-state index in [2.05, 4.69) is 5.32 Å². The number of amides is 1. The van der Waals surface area contributed by atoms with Crippen molar-refractivity contribution in [1.29, 1.82) is 0 Å². The van der Waals surface area contributed by atoms with Crippen LogP contribution in [0.4, 0.5) is 0 Å². The minimum atomic E-state index is -3.52. The molecule has 0 saturated carbocycles. The molecular formula is C14H18ClNO4S. The Morgan fingerprint density at radius 1 is 1.38 bits per heavy atom. The zero-order valence-corrected chi connectivity index (χ0v) is 13.4. The van der Waals surface area contributed by atoms with Gasteiger partial charge in [0, 0.05) is 18.4 Å². The summed E-state index contributed by atoms with van der Waals surface area (Å²) in [5.74, 6) is -0.784. The van der Waals surface area contributed by atoms with Gasteiger partial charge in [0.2, 0.25) is 5.91 Å². The highest BCUT2D eigenvalue weighted by atomic mass is 35.5. The van der Waals surface area contributed by atoms with E-state index in [4.69, 9.17) is 11.6 Å². The number of hydrogen-bond acceptors (Lipinski definition) is 4. The second-order valence-electron chi connectivity index (χ2n) is 5.23. The molecule has 0 bridgehead atoms. The average Bonchev–Trinajstić information content (AvgIpc) is 2.44. The number of aromatic hydroxyl groups is 1. The van der Waals surface area contributed by atoms with Gasteiger partial charge in [0.15, 0.2) is 9.84 Å². The number of alkyl halides is 1. The number of phenols is 1. The molecule has 0 aliphatic heterocycles. The first-order chi connectivity index (χ1) is 9.84. The maximum absolute atomic E-state index is 11.8. The van der Waals surface area contributed by atoms with Crippen LogP contribution in [-0.2, 0) is 34.0 Å². The molecule has 116 valence electrons. The molecule has 0 fully saturated rings. The zero-order chi connectivity index (χ0) is 15.6. The van der Waals surface area contributed by atoms with E-state index in [1.54, 1.807) is 6.07 Å². The quantitative estimate of drug-likeness (QED) is 0.820. The van der Waals surface area contributed by atoms with Gasteiger partial charge in [-0.15, -0.1) is 11.6 Å². The van der Waals surface area contributed by atoms with Crippen molar-refractivity contribution in [3.05, 3.63) is 22.8 Å². The summed E-state index contributed by atoms with van der Waals surface area (Å²) < 4.78 is 23.6. The third kappa shape index (κ3) is 3.49. The number of phenolic OH excluding ortho intramolecular Hbond substituents is 1. The van der Waals surface area contributed by atoms with Gasteiger partial charge in [-0.1, -0.05) is 0 Å². The molecule has 0 unspecified atom stereocenters. The predicted molar refractivity (Wildman–Crippen MR) is 80.4 cm³/mol. The maximum Gasteiger partial charge on any atom is 0.235 e. The molecule has 7 heteroatoms. The van der Waals surface area contributed by atoms with E-state index in [-0.39, 0.29) is 29.0 Å². The van der Waals surface area contributed by atoms with Crippen molar-refractivity contribution in [3.63, 3.8) is 0 Å². The van der Waals surface area contributed by atoms with Gasteiger partial charge in [0.25, 0.3) is 0 Å². The number of fused-ring (bicyclic) bond motifs is 1. The van der Waals surface area contributed by atoms with E-state index < -0.39 is 9.84 Å². The van der Waals surface area contributed by atoms with E-state index in [9.17, 15) is 18.3 Å². The third-order valence-corrected chi connectivity index (χ3v) is 5.04. The third-order valence-electron chi connectivity index (χ3n) is 3.68. The Bertz CT molecular complexity index is 670. The molecule has 1 aliphatic rings. The summed E-state index contributed by atoms with van der Waals surface area (Å²) in [5, 5.41) is 12.9. The van der Waals surface area contributed by atoms with Crippen molar-refractivity contribution >= 4 is 27.3 Å². The van der Waals surface area contributed by atoms with Gasteiger partial charge in [-0.25, -0.2) is 8.42 Å². The summed E-state index contributed by atoms with van der Waals surface area (Å²) in [5.41, 5.74) is 2.38. The maximum atomic E-state index is 11.8. The second kappa shape index (κ2) is 6.23. The predicted octanol–water partition coefficient (Wildman–Crippen LogP) is 1.53. The van der Waals surface area contributed by atoms with Crippen molar-refractivity contribution in [2.24, 2.45) is 0 Å². The SMILES string of the molecule is CS(=O)(=O)c1cc2c(c(CNC(=O)CCl)c1O)CCCC2. The van der Waals surface area contributed by atoms with E-state index in [0.29, 0.717) is 5.56 Å². The van der Waals surface area contributed by atoms with Crippen molar-refractivity contribution in [2.75, 3.05) is 12.1 Å². The molecule has 21 heavy (non-hydrogen) atoms. The Balaban J connectivity index is 2.52. The average molecular weight is 332 g/mol. The normalized spacial score (nSPS) is 14.6. The number of nitrogens with one attached hydrogen (secondary N) is 1. The van der Waals surface area contributed by atoms with Gasteiger partial charge >= 0.3 is 0 Å². The highest BCUT2D eigenvalue weighted by molar-refractivity contribution is 7.90. The lowest BCUT2D eigenvalue weighted by atomic mass is 9.87. The molecule has 2 rings (SSSR count). The minimum Gasteiger partial charge on any atom is -0.506 e. The number of carbonyl (C=O) groups is 1. The number of halogens is 1. The topological polar surface area (TPSA) is 83.5 Å². The number of rotatable bonds is 4. The molecule has 0 aromatic heterocycles. The molecule has 0 spiro atoms. The molecule has 0 atom stereocenters. The molecule has 5 nitrogen and oxygen atoms in total. The second-order valence-corrected chi connectivity index (χ2v) is 7.48. The Morgan fingerprint density at radius 3 is 2.67 bits per heavy atom. The summed E-state index contributed by atoms with van der Waals surface area (Å²) in [7, 11) is -3.52. The number of aryl methyl sites for hydroxylation is 1. The molecule has 0 saturated heterocycles. The van der Waals surface area contributed by atoms with Gasteiger partial charge in [-0.3, -0.25) is 4.79 Å². The molecule has 1 amide bonds. The smallest absolute Gasteiger partial charge is 0.235 e. The fourth-order valence-electron chi connectivity index (χ4n) is 2.66. The minimum absolute atomic E-state index is 0.0710. The highest BCUT2D eigenvalue weighted by Gasteiger charge is 2.24. The Hall–Kier alpha value is -1.27. The van der Waals surface area contributed by atoms with Crippen LogP contribution < -0.4 is 5.32 Å². The lowest BCUT2D eigenvalue weighted by molar-refractivity contribution is -0.118. The van der Waals surface area contributed by atoms with Crippen LogP contribution in [0.1, 0.15) is 29.5 Å². The molecule has 2 N–H and O–H groups in total. The van der Waals surface area contributed by atoms with Crippen LogP contribution in [0.3, 0.4) is 0 Å². The molecule has 0 heterocycles. The Morgan fingerprint density at radius 2 is 2.05 bits per heavy atom. The fraction of sp³-hybridized carbons (Fsp3) is 0.500. The van der Waals surface area contributed by atoms with Crippen LogP contribution in [0.25, 0.3) is 0 Å². The first-order valence-corrected chi connectivity index (χ1v) is 9.16. The first kappa shape index (κ1) is 16.1. The molecular weight excluding hydrogens is 314 g/mol. The monoisotopic (exact) mass is 331 g/mol. The van der Waals surface area contributed by atoms with Gasteiger partial charge < -0.3 is 10.4 Å². The van der Waals surface area contributed by atoms with Crippen molar-refractivity contribution < 1.29 is 18.3 Å². The summed E-state index contributed by atoms with van der Waals surface area (Å²) >= 11 is 5.43. The number of benzene rings is 1. The van der Waals surface area contributed by atoms with E-state index in [0.717, 1.165) is 43.1 Å². The van der Waals surface area contributed by atoms with Crippen molar-refractivity contribution in [3.8, 4) is 5.75 Å². The number of carbonyl (C=O) groups excluding carboxylic acids is 1. The highest BCUT2D eigenvalue weighted by Crippen LogP contribution is 2.36. The van der Waals surface area contributed by atoms with Gasteiger partial charge in [-0.2, -0.15) is 0 Å². The van der Waals surface area contributed by atoms with Crippen LogP contribution in [0.5, 0.6) is 5.75 Å². The summed E-state index contributed by atoms with van der Waals surface area (Å²) in [6.07, 6.45) is 4.61. The van der Waals surface area contributed by atoms with Crippen molar-refractivity contribution in [1.82, 2.24) is 5.32 Å². The number of sulfone groups is 1. The molecule has 1 aromatic rings. The van der Waals surface area contributed by atoms with Crippen LogP contribution in [0.15, 0.2) is 11.0 Å². The fourth-order valence-corrected chi connectivity index (χ4v) is 3.58. The standard InChI is InChI=1S/C14H18ClNO4S/c1-21(19,20)12-6-9-4-2-3-5-10(9)11(14(12)18)8-16-13(17)7-15/h6,18H,2-5,7-8H2,1H3,(H,16,17). The Kier molecular flexibility index (Phi) is 4.78. The lowest BCUT2D eigenvalue weighted by Gasteiger charge is -2.22. The van der Waals surface area contributed by atoms with Gasteiger partial charge in [0.05, 0.1) is 0 Å². The molecule has 1 aromatic carbocycles. The summed E-state index contributed by atoms with van der Waals surface area (Å²) in [4.78, 5) is 11.2. The lowest BCUT2D eigenvalue weighted by Crippen LogP contribution is -2.25. The van der Waals surface area contributed by atoms with E-state index in [1.807, 2.05) is 0 Å². The van der Waals surface area contributed by atoms with E-state index in [1.165, 1.54) is 0 Å². The van der Waals surface area contributed by atoms with Gasteiger partial charge in [0.1, 0.15) is 16.5 Å².